The van der Waals surface area contributed by atoms with Crippen LogP contribution in [0.25, 0.3) is 0 Å². The third kappa shape index (κ3) is 8.71. The zero-order chi connectivity index (χ0) is 23.2. The van der Waals surface area contributed by atoms with Crippen molar-refractivity contribution in [2.24, 2.45) is 0 Å². The lowest BCUT2D eigenvalue weighted by atomic mass is 10.0. The van der Waals surface area contributed by atoms with Crippen LogP contribution in [0.4, 0.5) is 0 Å². The van der Waals surface area contributed by atoms with E-state index in [4.69, 9.17) is 4.74 Å². The van der Waals surface area contributed by atoms with Crippen LogP contribution in [0.5, 0.6) is 0 Å². The summed E-state index contributed by atoms with van der Waals surface area (Å²) in [5.41, 5.74) is 1.57. The SMILES string of the molecule is CCCCCCCCCCCCCCCC(=O)OC1CCCn2c1nc(C)c(CC)c2=O. The first-order valence-corrected chi connectivity index (χ1v) is 13.4. The summed E-state index contributed by atoms with van der Waals surface area (Å²) >= 11 is 0. The maximum Gasteiger partial charge on any atom is 0.306 e. The Morgan fingerprint density at radius 1 is 0.938 bits per heavy atom. The van der Waals surface area contributed by atoms with Crippen LogP contribution in [0.3, 0.4) is 0 Å². The van der Waals surface area contributed by atoms with E-state index < -0.39 is 0 Å². The second-order valence-corrected chi connectivity index (χ2v) is 9.46. The summed E-state index contributed by atoms with van der Waals surface area (Å²) < 4.78 is 7.47. The van der Waals surface area contributed by atoms with E-state index in [1.807, 2.05) is 13.8 Å². The number of carbonyl (C=O) groups is 1. The van der Waals surface area contributed by atoms with Gasteiger partial charge in [0.1, 0.15) is 0 Å². The fourth-order valence-electron chi connectivity index (χ4n) is 4.77. The van der Waals surface area contributed by atoms with Gasteiger partial charge in [0, 0.05) is 24.2 Å². The zero-order valence-electron chi connectivity index (χ0n) is 20.9. The van der Waals surface area contributed by atoms with Gasteiger partial charge >= 0.3 is 5.97 Å². The van der Waals surface area contributed by atoms with Crippen LogP contribution in [0.2, 0.25) is 0 Å². The number of aromatic nitrogens is 2. The molecule has 0 radical (unpaired) electrons. The molecule has 1 aromatic heterocycles. The monoisotopic (exact) mass is 446 g/mol. The third-order valence-corrected chi connectivity index (χ3v) is 6.75. The molecule has 32 heavy (non-hydrogen) atoms. The van der Waals surface area contributed by atoms with Gasteiger partial charge in [-0.2, -0.15) is 0 Å². The summed E-state index contributed by atoms with van der Waals surface area (Å²) in [5, 5.41) is 0. The second kappa shape index (κ2) is 15.2. The number of carbonyl (C=O) groups excluding carboxylic acids is 1. The second-order valence-electron chi connectivity index (χ2n) is 9.46. The molecule has 1 aliphatic rings. The normalized spacial score (nSPS) is 15.5. The summed E-state index contributed by atoms with van der Waals surface area (Å²) in [4.78, 5) is 29.7. The van der Waals surface area contributed by atoms with E-state index in [1.54, 1.807) is 4.57 Å². The Labute approximate surface area is 195 Å². The zero-order valence-corrected chi connectivity index (χ0v) is 20.9. The Kier molecular flexibility index (Phi) is 12.7. The molecule has 1 aliphatic heterocycles. The quantitative estimate of drug-likeness (QED) is 0.203. The van der Waals surface area contributed by atoms with Crippen LogP contribution < -0.4 is 5.56 Å². The fraction of sp³-hybridized carbons (Fsp3) is 0.815. The summed E-state index contributed by atoms with van der Waals surface area (Å²) in [7, 11) is 0. The molecule has 5 heteroatoms. The molecule has 2 heterocycles. The minimum Gasteiger partial charge on any atom is -0.454 e. The lowest BCUT2D eigenvalue weighted by Gasteiger charge is -2.26. The van der Waals surface area contributed by atoms with Gasteiger partial charge in [-0.15, -0.1) is 0 Å². The summed E-state index contributed by atoms with van der Waals surface area (Å²) in [6, 6.07) is 0. The first-order chi connectivity index (χ1) is 15.6. The maximum absolute atomic E-state index is 12.7. The Balaban J connectivity index is 1.59. The van der Waals surface area contributed by atoms with Gasteiger partial charge in [0.05, 0.1) is 0 Å². The Hall–Kier alpha value is -1.65. The van der Waals surface area contributed by atoms with Gasteiger partial charge in [-0.3, -0.25) is 14.2 Å². The van der Waals surface area contributed by atoms with Crippen molar-refractivity contribution in [3.05, 3.63) is 27.4 Å². The minimum atomic E-state index is -0.379. The topological polar surface area (TPSA) is 61.2 Å². The van der Waals surface area contributed by atoms with E-state index in [2.05, 4.69) is 11.9 Å². The number of hydrogen-bond donors (Lipinski definition) is 0. The summed E-state index contributed by atoms with van der Waals surface area (Å²) in [6.07, 6.45) is 19.2. The van der Waals surface area contributed by atoms with Gasteiger partial charge < -0.3 is 4.74 Å². The van der Waals surface area contributed by atoms with Gasteiger partial charge in [0.25, 0.3) is 5.56 Å². The number of hydrogen-bond acceptors (Lipinski definition) is 4. The Morgan fingerprint density at radius 2 is 1.50 bits per heavy atom. The van der Waals surface area contributed by atoms with E-state index in [9.17, 15) is 9.59 Å². The molecule has 0 amide bonds. The van der Waals surface area contributed by atoms with Crippen molar-refractivity contribution in [2.45, 2.75) is 143 Å². The van der Waals surface area contributed by atoms with E-state index in [0.717, 1.165) is 36.9 Å². The predicted octanol–water partition coefficient (Wildman–Crippen LogP) is 6.97. The maximum atomic E-state index is 12.7. The molecule has 1 aromatic rings. The highest BCUT2D eigenvalue weighted by Gasteiger charge is 2.27. The highest BCUT2D eigenvalue weighted by atomic mass is 16.5. The average molecular weight is 447 g/mol. The van der Waals surface area contributed by atoms with Crippen LogP contribution in [0.1, 0.15) is 140 Å². The molecule has 182 valence electrons. The first-order valence-electron chi connectivity index (χ1n) is 13.4. The van der Waals surface area contributed by atoms with Crippen molar-refractivity contribution >= 4 is 5.97 Å². The van der Waals surface area contributed by atoms with Gasteiger partial charge in [-0.05, 0) is 32.6 Å². The lowest BCUT2D eigenvalue weighted by Crippen LogP contribution is -2.34. The number of rotatable bonds is 16. The standard InChI is InChI=1S/C27H46N2O3/c1-4-6-7-8-9-10-11-12-13-14-15-16-17-20-25(30)32-24-19-18-21-29-26(24)28-22(3)23(5-2)27(29)31/h24H,4-21H2,1-3H3. The average Bonchev–Trinajstić information content (AvgIpc) is 2.78. The lowest BCUT2D eigenvalue weighted by molar-refractivity contribution is -0.151. The van der Waals surface area contributed by atoms with Crippen LogP contribution in [0.15, 0.2) is 4.79 Å². The molecule has 1 unspecified atom stereocenters. The van der Waals surface area contributed by atoms with Crippen molar-refractivity contribution in [3.8, 4) is 0 Å². The van der Waals surface area contributed by atoms with Gasteiger partial charge in [0.2, 0.25) is 0 Å². The van der Waals surface area contributed by atoms with E-state index in [1.165, 1.54) is 70.6 Å². The van der Waals surface area contributed by atoms with Crippen molar-refractivity contribution in [2.75, 3.05) is 0 Å². The van der Waals surface area contributed by atoms with Gasteiger partial charge in [-0.25, -0.2) is 4.98 Å². The Bertz CT molecular complexity index is 741. The van der Waals surface area contributed by atoms with Crippen molar-refractivity contribution in [1.82, 2.24) is 9.55 Å². The molecule has 0 bridgehead atoms. The molecular formula is C27H46N2O3. The highest BCUT2D eigenvalue weighted by molar-refractivity contribution is 5.69. The molecule has 1 atom stereocenters. The number of nitrogens with zero attached hydrogens (tertiary/aromatic N) is 2. The number of aryl methyl sites for hydroxylation is 1. The van der Waals surface area contributed by atoms with Crippen molar-refractivity contribution in [3.63, 3.8) is 0 Å². The molecule has 0 aromatic carbocycles. The predicted molar refractivity (Wildman–Crippen MR) is 131 cm³/mol. The van der Waals surface area contributed by atoms with Gasteiger partial charge in [0.15, 0.2) is 11.9 Å². The van der Waals surface area contributed by atoms with E-state index in [-0.39, 0.29) is 17.6 Å². The molecule has 0 spiro atoms. The molecular weight excluding hydrogens is 400 g/mol. The number of unbranched alkanes of at least 4 members (excludes halogenated alkanes) is 12. The number of esters is 1. The first kappa shape index (κ1) is 26.6. The summed E-state index contributed by atoms with van der Waals surface area (Å²) in [5.74, 6) is 0.479. The van der Waals surface area contributed by atoms with E-state index in [0.29, 0.717) is 25.2 Å². The van der Waals surface area contributed by atoms with Crippen LogP contribution in [0, 0.1) is 6.92 Å². The van der Waals surface area contributed by atoms with Gasteiger partial charge in [-0.1, -0.05) is 90.9 Å². The minimum absolute atomic E-state index is 0.0345. The molecule has 0 fully saturated rings. The molecule has 5 nitrogen and oxygen atoms in total. The van der Waals surface area contributed by atoms with Crippen LogP contribution in [-0.4, -0.2) is 15.5 Å². The smallest absolute Gasteiger partial charge is 0.306 e. The molecule has 2 rings (SSSR count). The third-order valence-electron chi connectivity index (χ3n) is 6.75. The summed E-state index contributed by atoms with van der Waals surface area (Å²) in [6.45, 7) is 6.79. The molecule has 0 saturated heterocycles. The number of fused-ring (bicyclic) bond motifs is 1. The van der Waals surface area contributed by atoms with Crippen LogP contribution in [-0.2, 0) is 22.5 Å². The molecule has 0 aliphatic carbocycles. The Morgan fingerprint density at radius 3 is 2.06 bits per heavy atom. The van der Waals surface area contributed by atoms with E-state index >= 15 is 0 Å². The molecule has 0 saturated carbocycles. The fourth-order valence-corrected chi connectivity index (χ4v) is 4.77. The van der Waals surface area contributed by atoms with Crippen molar-refractivity contribution < 1.29 is 9.53 Å². The highest BCUT2D eigenvalue weighted by Crippen LogP contribution is 2.27. The molecule has 0 N–H and O–H groups in total. The van der Waals surface area contributed by atoms with Crippen molar-refractivity contribution in [1.29, 1.82) is 0 Å². The van der Waals surface area contributed by atoms with Crippen LogP contribution >= 0.6 is 0 Å². The largest absolute Gasteiger partial charge is 0.454 e. The number of ether oxygens (including phenoxy) is 1.